The molecule has 4 N–H and O–H groups in total. The lowest BCUT2D eigenvalue weighted by Crippen LogP contribution is -2.45. The van der Waals surface area contributed by atoms with Gasteiger partial charge in [-0.25, -0.2) is 4.79 Å². The number of hydrogen-bond acceptors (Lipinski definition) is 8. The summed E-state index contributed by atoms with van der Waals surface area (Å²) in [4.78, 5) is 52.9. The molecule has 312 valence electrons. The molecule has 59 heavy (non-hydrogen) atoms. The Morgan fingerprint density at radius 2 is 1.44 bits per heavy atom. The van der Waals surface area contributed by atoms with Crippen molar-refractivity contribution in [2.75, 3.05) is 19.8 Å². The highest BCUT2D eigenvalue weighted by Crippen LogP contribution is 2.20. The number of aliphatic hydroxyl groups is 1. The van der Waals surface area contributed by atoms with Crippen LogP contribution in [0.3, 0.4) is 0 Å². The molecule has 1 aliphatic heterocycles. The number of ether oxygens (including phenoxy) is 3. The summed E-state index contributed by atoms with van der Waals surface area (Å²) in [5.41, 5.74) is 3.92. The molecular weight excluding hydrogens is 747 g/mol. The van der Waals surface area contributed by atoms with E-state index in [1.54, 1.807) is 0 Å². The molecule has 4 unspecified atom stereocenters. The smallest absolute Gasteiger partial charge is 0.407 e. The van der Waals surface area contributed by atoms with Crippen LogP contribution >= 0.6 is 0 Å². The highest BCUT2D eigenvalue weighted by atomic mass is 16.5. The summed E-state index contributed by atoms with van der Waals surface area (Å²) in [7, 11) is 0. The van der Waals surface area contributed by atoms with Crippen molar-refractivity contribution < 1.29 is 38.5 Å². The maximum absolute atomic E-state index is 13.8. The lowest BCUT2D eigenvalue weighted by molar-refractivity contribution is -0.150. The fourth-order valence-electron chi connectivity index (χ4n) is 6.88. The topological polar surface area (TPSA) is 152 Å². The average molecular weight is 804 g/mol. The van der Waals surface area contributed by atoms with Gasteiger partial charge < -0.3 is 35.3 Å². The Bertz CT molecular complexity index is 1890. The summed E-state index contributed by atoms with van der Waals surface area (Å²) in [5, 5.41) is 18.9. The number of unbranched alkanes of at least 4 members (excludes halogenated alkanes) is 1. The second kappa shape index (κ2) is 24.7. The van der Waals surface area contributed by atoms with E-state index in [0.717, 1.165) is 28.0 Å². The van der Waals surface area contributed by atoms with Crippen LogP contribution in [0, 0.1) is 11.8 Å². The van der Waals surface area contributed by atoms with Gasteiger partial charge >= 0.3 is 12.1 Å². The summed E-state index contributed by atoms with van der Waals surface area (Å²) in [6, 6.07) is 35.6. The molecule has 0 aromatic heterocycles. The Morgan fingerprint density at radius 1 is 0.780 bits per heavy atom. The maximum atomic E-state index is 13.8. The van der Waals surface area contributed by atoms with Gasteiger partial charge in [0.15, 0.2) is 0 Å². The Hall–Kier alpha value is -5.94. The van der Waals surface area contributed by atoms with Gasteiger partial charge in [-0.05, 0) is 85.8 Å². The number of allylic oxidation sites excluding steroid dienone is 2. The summed E-state index contributed by atoms with van der Waals surface area (Å²) < 4.78 is 17.1. The normalized spacial score (nSPS) is 17.8. The molecule has 1 aliphatic rings. The quantitative estimate of drug-likeness (QED) is 0.0476. The number of amides is 3. The van der Waals surface area contributed by atoms with E-state index in [0.29, 0.717) is 64.5 Å². The van der Waals surface area contributed by atoms with Crippen LogP contribution in [0.4, 0.5) is 4.79 Å². The molecule has 0 fully saturated rings. The molecule has 11 heteroatoms. The number of benzene rings is 4. The van der Waals surface area contributed by atoms with Crippen molar-refractivity contribution in [2.24, 2.45) is 11.8 Å². The molecular formula is C48H57N3O8. The molecule has 3 amide bonds. The summed E-state index contributed by atoms with van der Waals surface area (Å²) in [6.07, 6.45) is 7.44. The van der Waals surface area contributed by atoms with Crippen LogP contribution in [0.1, 0.15) is 67.2 Å². The first-order valence-corrected chi connectivity index (χ1v) is 20.6. The van der Waals surface area contributed by atoms with Crippen molar-refractivity contribution in [1.82, 2.24) is 16.0 Å². The van der Waals surface area contributed by atoms with Crippen LogP contribution in [0.25, 0.3) is 0 Å². The largest absolute Gasteiger partial charge is 0.489 e. The molecule has 11 nitrogen and oxygen atoms in total. The first-order chi connectivity index (χ1) is 28.8. The molecule has 5 rings (SSSR count). The highest BCUT2D eigenvalue weighted by molar-refractivity contribution is 5.86. The standard InChI is InChI=1S/C48H57N3O8/c52-32-43(30-37-24-26-44(27-25-37)57-33-38-17-7-2-8-18-38)50-45(53)31-40-21-11-4-12-22-41(29-36-15-5-1-6-16-36)47(55)58-35-42(51-46(40)54)23-13-14-28-49-48(56)59-34-39-19-9-3-10-20-39/h1-11,15-20,24-27,40-43,52H,12-14,21-23,28-35H2,(H,49,56)(H,50,53)(H,51,54). The van der Waals surface area contributed by atoms with Gasteiger partial charge in [0, 0.05) is 13.0 Å². The summed E-state index contributed by atoms with van der Waals surface area (Å²) >= 11 is 0. The highest BCUT2D eigenvalue weighted by Gasteiger charge is 2.27. The molecule has 1 heterocycles. The van der Waals surface area contributed by atoms with Crippen molar-refractivity contribution in [1.29, 1.82) is 0 Å². The third kappa shape index (κ3) is 16.4. The Labute approximate surface area is 347 Å². The fourth-order valence-corrected chi connectivity index (χ4v) is 6.88. The lowest BCUT2D eigenvalue weighted by atomic mass is 9.94. The first-order valence-electron chi connectivity index (χ1n) is 20.6. The number of hydrogen-bond donors (Lipinski definition) is 4. The van der Waals surface area contributed by atoms with Gasteiger partial charge in [0.25, 0.3) is 0 Å². The van der Waals surface area contributed by atoms with Crippen molar-refractivity contribution in [3.63, 3.8) is 0 Å². The predicted octanol–water partition coefficient (Wildman–Crippen LogP) is 7.02. The average Bonchev–Trinajstić information content (AvgIpc) is 3.27. The number of alkyl carbamates (subject to hydrolysis) is 1. The predicted molar refractivity (Wildman–Crippen MR) is 226 cm³/mol. The van der Waals surface area contributed by atoms with Crippen LogP contribution in [-0.4, -0.2) is 60.8 Å². The number of nitrogens with one attached hydrogen (secondary N) is 3. The van der Waals surface area contributed by atoms with E-state index in [2.05, 4.69) is 16.0 Å². The van der Waals surface area contributed by atoms with Gasteiger partial charge in [0.05, 0.1) is 30.5 Å². The van der Waals surface area contributed by atoms with E-state index in [9.17, 15) is 24.3 Å². The Kier molecular flexibility index (Phi) is 18.5. The van der Waals surface area contributed by atoms with Crippen molar-refractivity contribution >= 4 is 23.9 Å². The van der Waals surface area contributed by atoms with Crippen LogP contribution in [-0.2, 0) is 49.9 Å². The van der Waals surface area contributed by atoms with E-state index in [1.807, 2.05) is 127 Å². The third-order valence-corrected chi connectivity index (χ3v) is 10.2. The maximum Gasteiger partial charge on any atom is 0.407 e. The van der Waals surface area contributed by atoms with E-state index in [1.165, 1.54) is 0 Å². The zero-order valence-electron chi connectivity index (χ0n) is 33.6. The monoisotopic (exact) mass is 803 g/mol. The van der Waals surface area contributed by atoms with E-state index < -0.39 is 24.1 Å². The molecule has 0 aliphatic carbocycles. The minimum absolute atomic E-state index is 0.0164. The molecule has 0 spiro atoms. The van der Waals surface area contributed by atoms with Gasteiger partial charge in [-0.3, -0.25) is 14.4 Å². The van der Waals surface area contributed by atoms with E-state index in [-0.39, 0.29) is 49.9 Å². The molecule has 4 aromatic rings. The van der Waals surface area contributed by atoms with Gasteiger partial charge in [0.1, 0.15) is 25.6 Å². The minimum atomic E-state index is -0.688. The fraction of sp³-hybridized carbons (Fsp3) is 0.375. The van der Waals surface area contributed by atoms with Crippen molar-refractivity contribution in [3.8, 4) is 5.75 Å². The minimum Gasteiger partial charge on any atom is -0.489 e. The van der Waals surface area contributed by atoms with E-state index >= 15 is 0 Å². The van der Waals surface area contributed by atoms with E-state index in [4.69, 9.17) is 14.2 Å². The SMILES string of the molecule is O=C(CC1CC=CCCC(Cc2ccccc2)C(=O)OCC(CCCCNC(=O)OCc2ccccc2)NC1=O)NC(CO)Cc1ccc(OCc2ccccc2)cc1. The molecule has 4 aromatic carbocycles. The third-order valence-electron chi connectivity index (χ3n) is 10.2. The number of esters is 1. The van der Waals surface area contributed by atoms with Crippen molar-refractivity contribution in [2.45, 2.75) is 83.1 Å². The van der Waals surface area contributed by atoms with Gasteiger partial charge in [0.2, 0.25) is 11.8 Å². The number of aliphatic hydroxyl groups excluding tert-OH is 1. The second-order valence-corrected chi connectivity index (χ2v) is 15.0. The number of rotatable bonds is 18. The zero-order valence-corrected chi connectivity index (χ0v) is 33.6. The van der Waals surface area contributed by atoms with Crippen LogP contribution in [0.5, 0.6) is 5.75 Å². The molecule has 0 radical (unpaired) electrons. The van der Waals surface area contributed by atoms with Gasteiger partial charge in [-0.15, -0.1) is 0 Å². The Morgan fingerprint density at radius 3 is 2.12 bits per heavy atom. The van der Waals surface area contributed by atoms with Crippen LogP contribution in [0.2, 0.25) is 0 Å². The lowest BCUT2D eigenvalue weighted by Gasteiger charge is -2.24. The molecule has 0 saturated carbocycles. The second-order valence-electron chi connectivity index (χ2n) is 15.0. The van der Waals surface area contributed by atoms with Gasteiger partial charge in [-0.2, -0.15) is 0 Å². The molecule has 4 atom stereocenters. The molecule has 0 bridgehead atoms. The van der Waals surface area contributed by atoms with Crippen LogP contribution in [0.15, 0.2) is 127 Å². The Balaban J connectivity index is 1.16. The van der Waals surface area contributed by atoms with Crippen LogP contribution < -0.4 is 20.7 Å². The molecule has 0 saturated heterocycles. The van der Waals surface area contributed by atoms with Crippen molar-refractivity contribution in [3.05, 3.63) is 150 Å². The summed E-state index contributed by atoms with van der Waals surface area (Å²) in [5.74, 6) is -1.31. The number of carbonyl (C=O) groups excluding carboxylic acids is 4. The first kappa shape index (κ1) is 44.2. The summed E-state index contributed by atoms with van der Waals surface area (Å²) in [6.45, 7) is 0.708. The number of cyclic esters (lactones) is 1. The zero-order chi connectivity index (χ0) is 41.5. The number of carbonyl (C=O) groups is 4. The van der Waals surface area contributed by atoms with Gasteiger partial charge in [-0.1, -0.05) is 115 Å².